The van der Waals surface area contributed by atoms with E-state index in [1.165, 1.54) is 148 Å². The van der Waals surface area contributed by atoms with Gasteiger partial charge in [0.05, 0.1) is 26.4 Å². The van der Waals surface area contributed by atoms with Gasteiger partial charge in [0.15, 0.2) is 12.2 Å². The van der Waals surface area contributed by atoms with Gasteiger partial charge in [-0.2, -0.15) is 0 Å². The first-order valence-corrected chi connectivity index (χ1v) is 40.3. The number of phosphoric ester groups is 2. The number of esters is 4. The molecule has 17 nitrogen and oxygen atoms in total. The molecule has 0 amide bonds. The lowest BCUT2D eigenvalue weighted by atomic mass is 9.99. The van der Waals surface area contributed by atoms with Crippen LogP contribution in [-0.2, 0) is 65.4 Å². The fourth-order valence-electron chi connectivity index (χ4n) is 10.8. The smallest absolute Gasteiger partial charge is 0.462 e. The summed E-state index contributed by atoms with van der Waals surface area (Å²) in [5.41, 5.74) is 0. The number of aliphatic hydroxyl groups excluding tert-OH is 1. The van der Waals surface area contributed by atoms with Crippen molar-refractivity contribution < 1.29 is 80.2 Å². The van der Waals surface area contributed by atoms with Crippen LogP contribution in [0.15, 0.2) is 0 Å². The standard InChI is InChI=1S/C72H140O17P2/c1-9-64(7)50-42-34-26-20-15-13-11-12-14-16-21-27-38-46-54-71(76)88-67(58-82-69(74)52-44-36-29-23-25-33-41-49-63(5)6)60-86-90(78,79)84-56-66(73)57-85-91(80,81)87-61-68(59-83-70(75)53-45-37-31-30-35-43-51-65(8)10-2)89-72(77)55-47-39-28-22-18-17-19-24-32-40-48-62(3)4/h62-68,73H,9-61H2,1-8H3,(H,78,79)(H,80,81)/t64?,65?,66-,67-,68-/m1/s1. The predicted molar refractivity (Wildman–Crippen MR) is 367 cm³/mol. The predicted octanol–water partition coefficient (Wildman–Crippen LogP) is 20.5. The van der Waals surface area contributed by atoms with Crippen molar-refractivity contribution in [3.05, 3.63) is 0 Å². The monoisotopic (exact) mass is 1340 g/mol. The van der Waals surface area contributed by atoms with E-state index >= 15 is 0 Å². The van der Waals surface area contributed by atoms with Crippen LogP contribution in [0.3, 0.4) is 0 Å². The summed E-state index contributed by atoms with van der Waals surface area (Å²) >= 11 is 0. The van der Waals surface area contributed by atoms with Gasteiger partial charge in [-0.25, -0.2) is 9.13 Å². The summed E-state index contributed by atoms with van der Waals surface area (Å²) in [4.78, 5) is 72.6. The summed E-state index contributed by atoms with van der Waals surface area (Å²) < 4.78 is 68.3. The summed E-state index contributed by atoms with van der Waals surface area (Å²) in [5, 5.41) is 10.6. The molecule has 91 heavy (non-hydrogen) atoms. The molecule has 0 aliphatic heterocycles. The number of hydrogen-bond acceptors (Lipinski definition) is 15. The van der Waals surface area contributed by atoms with Crippen molar-refractivity contribution in [1.82, 2.24) is 0 Å². The minimum atomic E-state index is -4.95. The van der Waals surface area contributed by atoms with Gasteiger partial charge >= 0.3 is 39.5 Å². The molecule has 0 aromatic heterocycles. The Labute approximate surface area is 556 Å². The van der Waals surface area contributed by atoms with Crippen LogP contribution in [0.5, 0.6) is 0 Å². The van der Waals surface area contributed by atoms with Gasteiger partial charge in [-0.3, -0.25) is 37.3 Å². The van der Waals surface area contributed by atoms with E-state index in [0.717, 1.165) is 120 Å². The van der Waals surface area contributed by atoms with Crippen LogP contribution in [0.25, 0.3) is 0 Å². The molecule has 0 aliphatic rings. The fraction of sp³-hybridized carbons (Fsp3) is 0.944. The van der Waals surface area contributed by atoms with E-state index in [9.17, 15) is 43.2 Å². The Hall–Kier alpha value is -1.94. The molecule has 3 N–H and O–H groups in total. The summed E-state index contributed by atoms with van der Waals surface area (Å²) in [5.74, 6) is 0.905. The zero-order valence-corrected chi connectivity index (χ0v) is 61.3. The highest BCUT2D eigenvalue weighted by molar-refractivity contribution is 7.47. The highest BCUT2D eigenvalue weighted by Crippen LogP contribution is 2.45. The molecule has 19 heteroatoms. The lowest BCUT2D eigenvalue weighted by Crippen LogP contribution is -2.30. The number of rotatable bonds is 69. The molecule has 0 spiro atoms. The van der Waals surface area contributed by atoms with Crippen molar-refractivity contribution >= 4 is 39.5 Å². The second-order valence-electron chi connectivity index (χ2n) is 27.4. The topological polar surface area (TPSA) is 237 Å². The second kappa shape index (κ2) is 61.6. The van der Waals surface area contributed by atoms with Gasteiger partial charge < -0.3 is 33.8 Å². The number of hydrogen-bond donors (Lipinski definition) is 3. The second-order valence-corrected chi connectivity index (χ2v) is 30.3. The van der Waals surface area contributed by atoms with Crippen LogP contribution in [0, 0.1) is 23.7 Å². The largest absolute Gasteiger partial charge is 0.472 e. The van der Waals surface area contributed by atoms with E-state index in [2.05, 4.69) is 55.4 Å². The minimum absolute atomic E-state index is 0.104. The van der Waals surface area contributed by atoms with Crippen molar-refractivity contribution in [1.29, 1.82) is 0 Å². The fourth-order valence-corrected chi connectivity index (χ4v) is 12.4. The molecular formula is C72H140O17P2. The van der Waals surface area contributed by atoms with Crippen molar-refractivity contribution in [2.75, 3.05) is 39.6 Å². The first-order chi connectivity index (χ1) is 43.7. The van der Waals surface area contributed by atoms with Crippen molar-refractivity contribution in [3.63, 3.8) is 0 Å². The Morgan fingerprint density at radius 2 is 0.527 bits per heavy atom. The van der Waals surface area contributed by atoms with Gasteiger partial charge in [0, 0.05) is 25.7 Å². The van der Waals surface area contributed by atoms with Crippen LogP contribution < -0.4 is 0 Å². The van der Waals surface area contributed by atoms with Gasteiger partial charge in [-0.05, 0) is 49.4 Å². The highest BCUT2D eigenvalue weighted by Gasteiger charge is 2.30. The van der Waals surface area contributed by atoms with Gasteiger partial charge in [0.1, 0.15) is 19.3 Å². The van der Waals surface area contributed by atoms with Crippen LogP contribution in [0.4, 0.5) is 0 Å². The number of phosphoric acid groups is 2. The van der Waals surface area contributed by atoms with Crippen molar-refractivity contribution in [2.24, 2.45) is 23.7 Å². The molecule has 0 heterocycles. The summed E-state index contributed by atoms with van der Waals surface area (Å²) in [6.45, 7) is 14.1. The van der Waals surface area contributed by atoms with Gasteiger partial charge in [-0.1, -0.05) is 306 Å². The Balaban J connectivity index is 5.23. The third-order valence-corrected chi connectivity index (χ3v) is 19.2. The number of carbonyl (C=O) groups is 4. The average molecular weight is 1340 g/mol. The van der Waals surface area contributed by atoms with Gasteiger partial charge in [0.2, 0.25) is 0 Å². The SMILES string of the molecule is CCC(C)CCCCCCCCCCCCCCCCC(=O)O[C@H](COC(=O)CCCCCCCCCC(C)C)COP(=O)(O)OC[C@@H](O)COP(=O)(O)OC[C@@H](COC(=O)CCCCCCCCC(C)CC)OC(=O)CCCCCCCCCCCCC(C)C. The molecule has 0 aromatic rings. The molecule has 0 radical (unpaired) electrons. The lowest BCUT2D eigenvalue weighted by molar-refractivity contribution is -0.161. The molecule has 0 aliphatic carbocycles. The van der Waals surface area contributed by atoms with E-state index in [1.807, 2.05) is 0 Å². The maximum atomic E-state index is 13.0. The van der Waals surface area contributed by atoms with Crippen LogP contribution >= 0.6 is 15.6 Å². The van der Waals surface area contributed by atoms with Crippen LogP contribution in [0.1, 0.15) is 357 Å². The highest BCUT2D eigenvalue weighted by atomic mass is 31.2. The molecule has 540 valence electrons. The van der Waals surface area contributed by atoms with E-state index in [1.54, 1.807) is 0 Å². The Morgan fingerprint density at radius 1 is 0.308 bits per heavy atom. The Kier molecular flexibility index (Phi) is 60.3. The maximum Gasteiger partial charge on any atom is 0.472 e. The van der Waals surface area contributed by atoms with Crippen molar-refractivity contribution in [3.8, 4) is 0 Å². The molecule has 0 saturated heterocycles. The van der Waals surface area contributed by atoms with Gasteiger partial charge in [-0.15, -0.1) is 0 Å². The van der Waals surface area contributed by atoms with E-state index in [0.29, 0.717) is 31.6 Å². The first kappa shape index (κ1) is 89.1. The molecule has 0 saturated carbocycles. The number of unbranched alkanes of at least 4 members (excludes halogenated alkanes) is 33. The molecule has 7 atom stereocenters. The van der Waals surface area contributed by atoms with E-state index in [-0.39, 0.29) is 25.7 Å². The number of ether oxygens (including phenoxy) is 4. The first-order valence-electron chi connectivity index (χ1n) is 37.3. The zero-order valence-electron chi connectivity index (χ0n) is 59.5. The maximum absolute atomic E-state index is 13.0. The molecule has 0 aromatic carbocycles. The quantitative estimate of drug-likeness (QED) is 0.0222. The molecule has 4 unspecified atom stereocenters. The lowest BCUT2D eigenvalue weighted by Gasteiger charge is -2.21. The third-order valence-electron chi connectivity index (χ3n) is 17.3. The number of carbonyl (C=O) groups excluding carboxylic acids is 4. The third kappa shape index (κ3) is 63.9. The van der Waals surface area contributed by atoms with Crippen LogP contribution in [0.2, 0.25) is 0 Å². The average Bonchev–Trinajstić information content (AvgIpc) is 3.46. The van der Waals surface area contributed by atoms with E-state index < -0.39 is 97.5 Å². The summed E-state index contributed by atoms with van der Waals surface area (Å²) in [6.07, 6.45) is 44.5. The van der Waals surface area contributed by atoms with Gasteiger partial charge in [0.25, 0.3) is 0 Å². The molecular weight excluding hydrogens is 1200 g/mol. The normalized spacial score (nSPS) is 14.8. The van der Waals surface area contributed by atoms with E-state index in [4.69, 9.17) is 37.0 Å². The Bertz CT molecular complexity index is 1800. The summed E-state index contributed by atoms with van der Waals surface area (Å²) in [7, 11) is -9.91. The number of aliphatic hydroxyl groups is 1. The Morgan fingerprint density at radius 3 is 0.780 bits per heavy atom. The molecule has 0 bridgehead atoms. The molecule has 0 fully saturated rings. The molecule has 0 rings (SSSR count). The summed E-state index contributed by atoms with van der Waals surface area (Å²) in [6, 6.07) is 0. The zero-order chi connectivity index (χ0) is 67.5. The van der Waals surface area contributed by atoms with Crippen LogP contribution in [-0.4, -0.2) is 96.7 Å². The minimum Gasteiger partial charge on any atom is -0.462 e. The van der Waals surface area contributed by atoms with Crippen molar-refractivity contribution in [2.45, 2.75) is 375 Å².